The highest BCUT2D eigenvalue weighted by atomic mass is 32.2. The number of aromatic nitrogens is 3. The van der Waals surface area contributed by atoms with E-state index in [9.17, 15) is 10.1 Å². The number of hydrogen-bond acceptors (Lipinski definition) is 7. The molecule has 1 atom stereocenters. The number of allylic oxidation sites excluding steroid dienone is 1. The first-order valence-corrected chi connectivity index (χ1v) is 15.6. The number of rotatable bonds is 9. The Hall–Kier alpha value is -3.61. The van der Waals surface area contributed by atoms with E-state index in [4.69, 9.17) is 4.74 Å². The predicted molar refractivity (Wildman–Crippen MR) is 167 cm³/mol. The second kappa shape index (κ2) is 12.1. The molecule has 1 aliphatic rings. The zero-order valence-corrected chi connectivity index (χ0v) is 25.6. The fourth-order valence-electron chi connectivity index (χ4n) is 5.37. The standard InChI is InChI=1S/C32H35N5O2S2/c1-6-15-37-28(18-39-26-14-11-21-9-7-8-10-23(21)20(26)2)35-36-31(37)40-19-29(38)34-30-25(17-33)24-13-12-22(32(3,4)5)16-27(24)41-30/h6-11,14,22H,1,12-13,15-16,18-19H2,2-5H3,(H,34,38)/t22-/m1/s1. The van der Waals surface area contributed by atoms with E-state index >= 15 is 0 Å². The number of hydrogen-bond donors (Lipinski definition) is 1. The number of benzene rings is 2. The molecule has 0 fully saturated rings. The van der Waals surface area contributed by atoms with Crippen LogP contribution in [0.5, 0.6) is 5.75 Å². The summed E-state index contributed by atoms with van der Waals surface area (Å²) in [5, 5.41) is 25.2. The number of aryl methyl sites for hydroxylation is 1. The molecule has 9 heteroatoms. The number of amides is 1. The highest BCUT2D eigenvalue weighted by molar-refractivity contribution is 7.99. The highest BCUT2D eigenvalue weighted by Gasteiger charge is 2.32. The first-order chi connectivity index (χ1) is 19.7. The molecule has 5 rings (SSSR count). The summed E-state index contributed by atoms with van der Waals surface area (Å²) in [6.07, 6.45) is 4.68. The molecular formula is C32H35N5O2S2. The highest BCUT2D eigenvalue weighted by Crippen LogP contribution is 2.44. The predicted octanol–water partition coefficient (Wildman–Crippen LogP) is 7.32. The molecular weight excluding hydrogens is 551 g/mol. The number of fused-ring (bicyclic) bond motifs is 2. The summed E-state index contributed by atoms with van der Waals surface area (Å²) < 4.78 is 8.07. The van der Waals surface area contributed by atoms with Gasteiger partial charge < -0.3 is 10.1 Å². The SMILES string of the molecule is C=CCn1c(COc2ccc3ccccc3c2C)nnc1SCC(=O)Nc1sc2c(c1C#N)CC[C@@H](C(C)(C)C)C2. The summed E-state index contributed by atoms with van der Waals surface area (Å²) in [7, 11) is 0. The Kier molecular flexibility index (Phi) is 8.52. The van der Waals surface area contributed by atoms with Crippen molar-refractivity contribution in [3.63, 3.8) is 0 Å². The van der Waals surface area contributed by atoms with Crippen LogP contribution >= 0.6 is 23.1 Å². The van der Waals surface area contributed by atoms with Crippen LogP contribution < -0.4 is 10.1 Å². The summed E-state index contributed by atoms with van der Waals surface area (Å²) in [4.78, 5) is 14.2. The number of carbonyl (C=O) groups is 1. The molecule has 2 aromatic heterocycles. The first kappa shape index (κ1) is 28.9. The van der Waals surface area contributed by atoms with Gasteiger partial charge >= 0.3 is 0 Å². The topological polar surface area (TPSA) is 92.8 Å². The molecule has 0 radical (unpaired) electrons. The van der Waals surface area contributed by atoms with Crippen LogP contribution in [-0.2, 0) is 30.8 Å². The van der Waals surface area contributed by atoms with Crippen molar-refractivity contribution in [2.24, 2.45) is 11.3 Å². The number of nitrogens with one attached hydrogen (secondary N) is 1. The van der Waals surface area contributed by atoms with Gasteiger partial charge in [-0.25, -0.2) is 0 Å². The number of carbonyl (C=O) groups excluding carboxylic acids is 1. The van der Waals surface area contributed by atoms with Gasteiger partial charge in [0, 0.05) is 11.4 Å². The van der Waals surface area contributed by atoms with Crippen LogP contribution in [0.4, 0.5) is 5.00 Å². The van der Waals surface area contributed by atoms with Gasteiger partial charge in [0.2, 0.25) is 5.91 Å². The van der Waals surface area contributed by atoms with E-state index in [2.05, 4.69) is 74.1 Å². The number of ether oxygens (including phenoxy) is 1. The van der Waals surface area contributed by atoms with Gasteiger partial charge in [-0.1, -0.05) is 68.9 Å². The van der Waals surface area contributed by atoms with E-state index in [1.165, 1.54) is 22.0 Å². The van der Waals surface area contributed by atoms with Crippen molar-refractivity contribution in [2.45, 2.75) is 65.3 Å². The van der Waals surface area contributed by atoms with Crippen molar-refractivity contribution in [1.82, 2.24) is 14.8 Å². The Balaban J connectivity index is 1.24. The molecule has 1 N–H and O–H groups in total. The van der Waals surface area contributed by atoms with Crippen LogP contribution in [0.25, 0.3) is 10.8 Å². The number of thioether (sulfide) groups is 1. The molecule has 7 nitrogen and oxygen atoms in total. The molecule has 212 valence electrons. The van der Waals surface area contributed by atoms with Gasteiger partial charge in [0.25, 0.3) is 0 Å². The summed E-state index contributed by atoms with van der Waals surface area (Å²) in [5.74, 6) is 2.00. The smallest absolute Gasteiger partial charge is 0.235 e. The number of anilines is 1. The van der Waals surface area contributed by atoms with Crippen molar-refractivity contribution in [3.8, 4) is 11.8 Å². The van der Waals surface area contributed by atoms with Crippen molar-refractivity contribution < 1.29 is 9.53 Å². The molecule has 1 aliphatic carbocycles. The third kappa shape index (κ3) is 6.19. The van der Waals surface area contributed by atoms with Crippen LogP contribution in [-0.4, -0.2) is 26.4 Å². The summed E-state index contributed by atoms with van der Waals surface area (Å²) in [6, 6.07) is 14.6. The molecule has 41 heavy (non-hydrogen) atoms. The van der Waals surface area contributed by atoms with Gasteiger partial charge in [0.1, 0.15) is 23.4 Å². The van der Waals surface area contributed by atoms with Crippen LogP contribution in [0, 0.1) is 29.6 Å². The molecule has 4 aromatic rings. The van der Waals surface area contributed by atoms with Crippen LogP contribution in [0.1, 0.15) is 54.6 Å². The molecule has 0 spiro atoms. The van der Waals surface area contributed by atoms with Crippen molar-refractivity contribution >= 4 is 44.8 Å². The average molecular weight is 586 g/mol. The van der Waals surface area contributed by atoms with Crippen LogP contribution in [0.3, 0.4) is 0 Å². The second-order valence-corrected chi connectivity index (χ2v) is 13.5. The molecule has 2 heterocycles. The second-order valence-electron chi connectivity index (χ2n) is 11.5. The maximum atomic E-state index is 13.0. The van der Waals surface area contributed by atoms with Gasteiger partial charge in [-0.15, -0.1) is 28.1 Å². The summed E-state index contributed by atoms with van der Waals surface area (Å²) >= 11 is 2.86. The quantitative estimate of drug-likeness (QED) is 0.163. The number of nitriles is 1. The Morgan fingerprint density at radius 1 is 1.29 bits per heavy atom. The lowest BCUT2D eigenvalue weighted by Gasteiger charge is -2.33. The van der Waals surface area contributed by atoms with E-state index in [-0.39, 0.29) is 23.7 Å². The van der Waals surface area contributed by atoms with Crippen LogP contribution in [0.2, 0.25) is 0 Å². The number of thiophene rings is 1. The van der Waals surface area contributed by atoms with Gasteiger partial charge in [-0.2, -0.15) is 5.26 Å². The largest absolute Gasteiger partial charge is 0.485 e. The molecule has 0 bridgehead atoms. The Labute approximate surface area is 249 Å². The molecule has 1 amide bonds. The van der Waals surface area contributed by atoms with E-state index < -0.39 is 0 Å². The number of nitrogens with zero attached hydrogens (tertiary/aromatic N) is 4. The third-order valence-electron chi connectivity index (χ3n) is 7.80. The molecule has 0 unspecified atom stereocenters. The van der Waals surface area contributed by atoms with E-state index in [0.29, 0.717) is 34.0 Å². The fourth-order valence-corrected chi connectivity index (χ4v) is 7.44. The molecule has 0 saturated carbocycles. The zero-order chi connectivity index (χ0) is 29.1. The van der Waals surface area contributed by atoms with Crippen molar-refractivity contribution in [3.05, 3.63) is 76.4 Å². The van der Waals surface area contributed by atoms with Gasteiger partial charge in [-0.05, 0) is 65.5 Å². The Morgan fingerprint density at radius 3 is 2.85 bits per heavy atom. The average Bonchev–Trinajstić information content (AvgIpc) is 3.50. The van der Waals surface area contributed by atoms with Crippen molar-refractivity contribution in [2.75, 3.05) is 11.1 Å². The van der Waals surface area contributed by atoms with Crippen LogP contribution in [0.15, 0.2) is 54.2 Å². The van der Waals surface area contributed by atoms with Gasteiger partial charge in [0.05, 0.1) is 11.3 Å². The maximum Gasteiger partial charge on any atom is 0.235 e. The lowest BCUT2D eigenvalue weighted by atomic mass is 9.72. The van der Waals surface area contributed by atoms with Crippen molar-refractivity contribution in [1.29, 1.82) is 5.26 Å². The molecule has 0 aliphatic heterocycles. The van der Waals surface area contributed by atoms with E-state index in [1.807, 2.05) is 22.8 Å². The first-order valence-electron chi connectivity index (χ1n) is 13.8. The fraction of sp³-hybridized carbons (Fsp3) is 0.375. The lowest BCUT2D eigenvalue weighted by Crippen LogP contribution is -2.26. The van der Waals surface area contributed by atoms with Gasteiger partial charge in [0.15, 0.2) is 11.0 Å². The van der Waals surface area contributed by atoms with Gasteiger partial charge in [-0.3, -0.25) is 9.36 Å². The summed E-state index contributed by atoms with van der Waals surface area (Å²) in [5.41, 5.74) is 3.02. The Morgan fingerprint density at radius 2 is 2.10 bits per heavy atom. The monoisotopic (exact) mass is 585 g/mol. The Bertz CT molecular complexity index is 1640. The molecule has 2 aromatic carbocycles. The lowest BCUT2D eigenvalue weighted by molar-refractivity contribution is -0.113. The normalized spacial score (nSPS) is 14.9. The zero-order valence-electron chi connectivity index (χ0n) is 24.0. The third-order valence-corrected chi connectivity index (χ3v) is 9.93. The molecule has 0 saturated heterocycles. The van der Waals surface area contributed by atoms with E-state index in [0.717, 1.165) is 41.5 Å². The maximum absolute atomic E-state index is 13.0. The minimum atomic E-state index is -0.171. The summed E-state index contributed by atoms with van der Waals surface area (Å²) in [6.45, 7) is 13.5. The minimum absolute atomic E-state index is 0.151. The minimum Gasteiger partial charge on any atom is -0.485 e. The van der Waals surface area contributed by atoms with E-state index in [1.54, 1.807) is 17.4 Å².